The lowest BCUT2D eigenvalue weighted by atomic mass is 10.1. The smallest absolute Gasteiger partial charge is 0.0960 e. The van der Waals surface area contributed by atoms with Crippen LogP contribution in [0.5, 0.6) is 0 Å². The van der Waals surface area contributed by atoms with E-state index in [2.05, 4.69) is 47.3 Å². The van der Waals surface area contributed by atoms with Crippen molar-refractivity contribution in [2.45, 2.75) is 25.1 Å². The molecule has 0 saturated carbocycles. The van der Waals surface area contributed by atoms with Crippen LogP contribution in [-0.2, 0) is 6.42 Å². The van der Waals surface area contributed by atoms with Crippen LogP contribution in [-0.4, -0.2) is 0 Å². The maximum absolute atomic E-state index is 6.11. The fourth-order valence-corrected chi connectivity index (χ4v) is 4.90. The number of hydrogen-bond donors (Lipinski definition) is 0. The standard InChI is InChI=1S/C12H12BrClS2/c1-3-8-4-5-15-11(8)10(13)9-6-7(2)12(14)16-9/h4-6,10H,3H2,1-2H3. The van der Waals surface area contributed by atoms with Crippen molar-refractivity contribution in [1.82, 2.24) is 0 Å². The van der Waals surface area contributed by atoms with Gasteiger partial charge < -0.3 is 0 Å². The Balaban J connectivity index is 2.35. The monoisotopic (exact) mass is 334 g/mol. The van der Waals surface area contributed by atoms with Crippen LogP contribution in [0.4, 0.5) is 0 Å². The van der Waals surface area contributed by atoms with Crippen molar-refractivity contribution < 1.29 is 0 Å². The van der Waals surface area contributed by atoms with Gasteiger partial charge in [0.25, 0.3) is 0 Å². The van der Waals surface area contributed by atoms with Crippen LogP contribution in [0.25, 0.3) is 0 Å². The highest BCUT2D eigenvalue weighted by molar-refractivity contribution is 9.09. The van der Waals surface area contributed by atoms with E-state index in [1.54, 1.807) is 11.3 Å². The lowest BCUT2D eigenvalue weighted by Crippen LogP contribution is -1.90. The molecular formula is C12H12BrClS2. The number of rotatable bonds is 3. The zero-order chi connectivity index (χ0) is 11.7. The summed E-state index contributed by atoms with van der Waals surface area (Å²) in [7, 11) is 0. The quantitative estimate of drug-likeness (QED) is 0.620. The zero-order valence-electron chi connectivity index (χ0n) is 9.09. The fourth-order valence-electron chi connectivity index (χ4n) is 1.60. The van der Waals surface area contributed by atoms with Gasteiger partial charge in [0.05, 0.1) is 9.16 Å². The average Bonchev–Trinajstić information content (AvgIpc) is 2.85. The molecule has 0 fully saturated rings. The molecule has 0 aliphatic rings. The number of alkyl halides is 1. The molecule has 0 N–H and O–H groups in total. The Morgan fingerprint density at radius 2 is 2.25 bits per heavy atom. The van der Waals surface area contributed by atoms with Gasteiger partial charge in [-0.15, -0.1) is 22.7 Å². The van der Waals surface area contributed by atoms with Crippen LogP contribution in [0.15, 0.2) is 17.5 Å². The van der Waals surface area contributed by atoms with Gasteiger partial charge in [-0.05, 0) is 42.0 Å². The van der Waals surface area contributed by atoms with Gasteiger partial charge in [-0.1, -0.05) is 34.5 Å². The second-order valence-corrected chi connectivity index (χ2v) is 7.18. The third-order valence-corrected chi connectivity index (χ3v) is 6.72. The van der Waals surface area contributed by atoms with Crippen molar-refractivity contribution in [3.05, 3.63) is 42.7 Å². The second kappa shape index (κ2) is 5.21. The minimum Gasteiger partial charge on any atom is -0.147 e. The normalized spacial score (nSPS) is 13.0. The van der Waals surface area contributed by atoms with Crippen molar-refractivity contribution in [1.29, 1.82) is 0 Å². The van der Waals surface area contributed by atoms with Gasteiger partial charge in [-0.2, -0.15) is 0 Å². The summed E-state index contributed by atoms with van der Waals surface area (Å²) in [5, 5.41) is 2.16. The van der Waals surface area contributed by atoms with Crippen molar-refractivity contribution >= 4 is 50.2 Å². The van der Waals surface area contributed by atoms with Crippen LogP contribution in [0, 0.1) is 6.92 Å². The largest absolute Gasteiger partial charge is 0.147 e. The minimum atomic E-state index is 0.290. The highest BCUT2D eigenvalue weighted by Crippen LogP contribution is 2.42. The molecule has 0 aromatic carbocycles. The Kier molecular flexibility index (Phi) is 4.11. The lowest BCUT2D eigenvalue weighted by Gasteiger charge is -2.07. The third-order valence-electron chi connectivity index (χ3n) is 2.52. The Morgan fingerprint density at radius 1 is 1.50 bits per heavy atom. The predicted octanol–water partition coefficient (Wildman–Crippen LogP) is 5.82. The van der Waals surface area contributed by atoms with Gasteiger partial charge in [-0.3, -0.25) is 0 Å². The Morgan fingerprint density at radius 3 is 2.81 bits per heavy atom. The molecule has 16 heavy (non-hydrogen) atoms. The first-order valence-corrected chi connectivity index (χ1v) is 8.08. The molecule has 1 unspecified atom stereocenters. The summed E-state index contributed by atoms with van der Waals surface area (Å²) >= 11 is 13.4. The van der Waals surface area contributed by atoms with E-state index in [1.807, 2.05) is 11.3 Å². The Labute approximate surface area is 117 Å². The molecule has 0 spiro atoms. The first-order chi connectivity index (χ1) is 7.63. The summed E-state index contributed by atoms with van der Waals surface area (Å²) in [6.45, 7) is 4.25. The zero-order valence-corrected chi connectivity index (χ0v) is 13.1. The van der Waals surface area contributed by atoms with E-state index >= 15 is 0 Å². The number of hydrogen-bond acceptors (Lipinski definition) is 2. The molecule has 0 amide bonds. The summed E-state index contributed by atoms with van der Waals surface area (Å²) in [6.07, 6.45) is 1.08. The number of thiophene rings is 2. The van der Waals surface area contributed by atoms with E-state index in [-0.39, 0.29) is 0 Å². The van der Waals surface area contributed by atoms with Gasteiger partial charge in [0.2, 0.25) is 0 Å². The summed E-state index contributed by atoms with van der Waals surface area (Å²) in [5.41, 5.74) is 2.59. The molecule has 0 radical (unpaired) electrons. The van der Waals surface area contributed by atoms with Gasteiger partial charge in [0, 0.05) is 9.75 Å². The highest BCUT2D eigenvalue weighted by Gasteiger charge is 2.18. The predicted molar refractivity (Wildman–Crippen MR) is 78.5 cm³/mol. The minimum absolute atomic E-state index is 0.290. The molecule has 1 atom stereocenters. The van der Waals surface area contributed by atoms with E-state index in [9.17, 15) is 0 Å². The molecule has 2 rings (SSSR count). The van der Waals surface area contributed by atoms with Crippen molar-refractivity contribution in [3.63, 3.8) is 0 Å². The Hall–Kier alpha value is 0.170. The number of halogens is 2. The van der Waals surface area contributed by atoms with Crippen LogP contribution < -0.4 is 0 Å². The summed E-state index contributed by atoms with van der Waals surface area (Å²) in [5.74, 6) is 0. The second-order valence-electron chi connectivity index (χ2n) is 3.63. The summed E-state index contributed by atoms with van der Waals surface area (Å²) in [4.78, 5) is 2.98. The highest BCUT2D eigenvalue weighted by atomic mass is 79.9. The van der Waals surface area contributed by atoms with E-state index < -0.39 is 0 Å². The van der Waals surface area contributed by atoms with Crippen LogP contribution in [0.2, 0.25) is 4.34 Å². The molecule has 0 bridgehead atoms. The molecule has 2 aromatic heterocycles. The maximum atomic E-state index is 6.11. The first kappa shape index (κ1) is 12.6. The van der Waals surface area contributed by atoms with Crippen molar-refractivity contribution in [3.8, 4) is 0 Å². The molecule has 0 aliphatic heterocycles. The van der Waals surface area contributed by atoms with Gasteiger partial charge in [0.15, 0.2) is 0 Å². The molecular weight excluding hydrogens is 324 g/mol. The summed E-state index contributed by atoms with van der Waals surface area (Å²) < 4.78 is 0.897. The summed E-state index contributed by atoms with van der Waals surface area (Å²) in [6, 6.07) is 4.38. The van der Waals surface area contributed by atoms with Gasteiger partial charge in [-0.25, -0.2) is 0 Å². The molecule has 0 saturated heterocycles. The van der Waals surface area contributed by atoms with Gasteiger partial charge in [0.1, 0.15) is 0 Å². The van der Waals surface area contributed by atoms with Gasteiger partial charge >= 0.3 is 0 Å². The van der Waals surface area contributed by atoms with E-state index in [0.717, 1.165) is 10.8 Å². The third kappa shape index (κ3) is 2.37. The lowest BCUT2D eigenvalue weighted by molar-refractivity contribution is 1.10. The topological polar surface area (TPSA) is 0 Å². The van der Waals surface area contributed by atoms with E-state index in [1.165, 1.54) is 20.9 Å². The maximum Gasteiger partial charge on any atom is 0.0960 e. The fraction of sp³-hybridized carbons (Fsp3) is 0.333. The molecule has 0 nitrogen and oxygen atoms in total. The van der Waals surface area contributed by atoms with Crippen LogP contribution in [0.3, 0.4) is 0 Å². The average molecular weight is 336 g/mol. The molecule has 2 aromatic rings. The first-order valence-electron chi connectivity index (χ1n) is 5.09. The van der Waals surface area contributed by atoms with Crippen molar-refractivity contribution in [2.75, 3.05) is 0 Å². The molecule has 0 aliphatic carbocycles. The van der Waals surface area contributed by atoms with E-state index in [4.69, 9.17) is 11.6 Å². The van der Waals surface area contributed by atoms with Crippen LogP contribution >= 0.6 is 50.2 Å². The van der Waals surface area contributed by atoms with Crippen LogP contribution in [0.1, 0.15) is 32.6 Å². The van der Waals surface area contributed by atoms with E-state index in [0.29, 0.717) is 4.83 Å². The SMILES string of the molecule is CCc1ccsc1C(Br)c1cc(C)c(Cl)s1. The molecule has 86 valence electrons. The Bertz CT molecular complexity index is 467. The molecule has 4 heteroatoms. The van der Waals surface area contributed by atoms with Crippen molar-refractivity contribution in [2.24, 2.45) is 0 Å². The number of aryl methyl sites for hydroxylation is 2. The molecule has 2 heterocycles.